The summed E-state index contributed by atoms with van der Waals surface area (Å²) in [7, 11) is 1.68. The number of hydrogen-bond acceptors (Lipinski definition) is 3. The second-order valence-corrected chi connectivity index (χ2v) is 4.65. The highest BCUT2D eigenvalue weighted by molar-refractivity contribution is 6.30. The Balaban J connectivity index is 3.11. The van der Waals surface area contributed by atoms with Gasteiger partial charge in [-0.15, -0.1) is 0 Å². The highest BCUT2D eigenvalue weighted by atomic mass is 35.5. The van der Waals surface area contributed by atoms with Crippen LogP contribution in [0.15, 0.2) is 18.2 Å². The van der Waals surface area contributed by atoms with E-state index in [1.54, 1.807) is 19.2 Å². The summed E-state index contributed by atoms with van der Waals surface area (Å²) in [6.07, 6.45) is 1.00. The number of ether oxygens (including phenoxy) is 1. The molecule has 0 bridgehead atoms. The standard InChI is InChI=1S/C14H19ClN2O/c1-4-11(2)17(7-8-18-3)14-9-13(15)6-5-12(14)10-16/h5-6,9,11H,4,7-8H2,1-3H3. The van der Waals surface area contributed by atoms with E-state index in [1.165, 1.54) is 0 Å². The highest BCUT2D eigenvalue weighted by Gasteiger charge is 2.16. The lowest BCUT2D eigenvalue weighted by atomic mass is 10.1. The molecule has 1 aromatic rings. The number of rotatable bonds is 6. The lowest BCUT2D eigenvalue weighted by Crippen LogP contribution is -2.36. The van der Waals surface area contributed by atoms with Gasteiger partial charge >= 0.3 is 0 Å². The first-order chi connectivity index (χ1) is 8.63. The molecule has 0 N–H and O–H groups in total. The van der Waals surface area contributed by atoms with Gasteiger partial charge in [0, 0.05) is 24.7 Å². The molecular formula is C14H19ClN2O. The first-order valence-corrected chi connectivity index (χ1v) is 6.47. The lowest BCUT2D eigenvalue weighted by Gasteiger charge is -2.31. The summed E-state index contributed by atoms with van der Waals surface area (Å²) in [6.45, 7) is 5.64. The molecule has 1 atom stereocenters. The highest BCUT2D eigenvalue weighted by Crippen LogP contribution is 2.26. The fourth-order valence-corrected chi connectivity index (χ4v) is 1.99. The molecule has 0 heterocycles. The van der Waals surface area contributed by atoms with Crippen molar-refractivity contribution in [2.75, 3.05) is 25.2 Å². The molecule has 0 amide bonds. The van der Waals surface area contributed by atoms with Gasteiger partial charge in [0.05, 0.1) is 17.9 Å². The summed E-state index contributed by atoms with van der Waals surface area (Å²) < 4.78 is 5.13. The zero-order valence-electron chi connectivity index (χ0n) is 11.1. The summed E-state index contributed by atoms with van der Waals surface area (Å²) >= 11 is 6.03. The summed E-state index contributed by atoms with van der Waals surface area (Å²) in [4.78, 5) is 2.17. The minimum absolute atomic E-state index is 0.339. The van der Waals surface area contributed by atoms with Crippen molar-refractivity contribution >= 4 is 17.3 Å². The van der Waals surface area contributed by atoms with Gasteiger partial charge in [-0.1, -0.05) is 18.5 Å². The van der Waals surface area contributed by atoms with Gasteiger partial charge in [-0.25, -0.2) is 0 Å². The molecule has 18 heavy (non-hydrogen) atoms. The van der Waals surface area contributed by atoms with E-state index in [-0.39, 0.29) is 0 Å². The van der Waals surface area contributed by atoms with Gasteiger partial charge in [-0.05, 0) is 31.5 Å². The predicted octanol–water partition coefficient (Wildman–Crippen LogP) is 3.46. The van der Waals surface area contributed by atoms with Gasteiger partial charge in [-0.2, -0.15) is 5.26 Å². The van der Waals surface area contributed by atoms with E-state index in [0.29, 0.717) is 23.2 Å². The SMILES string of the molecule is CCC(C)N(CCOC)c1cc(Cl)ccc1C#N. The molecule has 0 saturated carbocycles. The molecule has 0 aliphatic carbocycles. The van der Waals surface area contributed by atoms with Crippen molar-refractivity contribution < 1.29 is 4.74 Å². The molecule has 0 aromatic heterocycles. The molecule has 0 aliphatic rings. The van der Waals surface area contributed by atoms with E-state index in [4.69, 9.17) is 16.3 Å². The van der Waals surface area contributed by atoms with Crippen LogP contribution >= 0.6 is 11.6 Å². The van der Waals surface area contributed by atoms with Crippen molar-refractivity contribution in [3.05, 3.63) is 28.8 Å². The molecule has 4 heteroatoms. The van der Waals surface area contributed by atoms with Crippen molar-refractivity contribution in [1.82, 2.24) is 0 Å². The first-order valence-electron chi connectivity index (χ1n) is 6.09. The Labute approximate surface area is 114 Å². The van der Waals surface area contributed by atoms with E-state index >= 15 is 0 Å². The van der Waals surface area contributed by atoms with Crippen LogP contribution in [0.1, 0.15) is 25.8 Å². The van der Waals surface area contributed by atoms with Crippen LogP contribution in [0.3, 0.4) is 0 Å². The Morgan fingerprint density at radius 1 is 1.50 bits per heavy atom. The summed E-state index contributed by atoms with van der Waals surface area (Å²) in [6, 6.07) is 7.91. The van der Waals surface area contributed by atoms with Crippen molar-refractivity contribution in [3.63, 3.8) is 0 Å². The largest absolute Gasteiger partial charge is 0.383 e. The van der Waals surface area contributed by atoms with Crippen molar-refractivity contribution in [2.45, 2.75) is 26.3 Å². The van der Waals surface area contributed by atoms with Gasteiger partial charge < -0.3 is 9.64 Å². The summed E-state index contributed by atoms with van der Waals surface area (Å²) in [5.41, 5.74) is 1.53. The monoisotopic (exact) mass is 266 g/mol. The van der Waals surface area contributed by atoms with Crippen LogP contribution in [-0.4, -0.2) is 26.3 Å². The number of nitrogens with zero attached hydrogens (tertiary/aromatic N) is 2. The molecule has 0 fully saturated rings. The minimum Gasteiger partial charge on any atom is -0.383 e. The molecule has 1 aromatic carbocycles. The third-order valence-electron chi connectivity index (χ3n) is 3.05. The normalized spacial score (nSPS) is 11.9. The average Bonchev–Trinajstić information content (AvgIpc) is 2.39. The zero-order chi connectivity index (χ0) is 13.5. The molecule has 1 unspecified atom stereocenters. The maximum Gasteiger partial charge on any atom is 0.101 e. The van der Waals surface area contributed by atoms with Crippen LogP contribution in [0.25, 0.3) is 0 Å². The minimum atomic E-state index is 0.339. The second kappa shape index (κ2) is 7.25. The van der Waals surface area contributed by atoms with Gasteiger partial charge in [0.15, 0.2) is 0 Å². The van der Waals surface area contributed by atoms with Crippen LogP contribution < -0.4 is 4.90 Å². The maximum absolute atomic E-state index is 9.19. The quantitative estimate of drug-likeness (QED) is 0.791. The molecule has 98 valence electrons. The summed E-state index contributed by atoms with van der Waals surface area (Å²) in [5.74, 6) is 0. The molecule has 0 saturated heterocycles. The Morgan fingerprint density at radius 2 is 2.22 bits per heavy atom. The van der Waals surface area contributed by atoms with Crippen molar-refractivity contribution in [2.24, 2.45) is 0 Å². The molecule has 1 rings (SSSR count). The summed E-state index contributed by atoms with van der Waals surface area (Å²) in [5, 5.41) is 9.84. The van der Waals surface area contributed by atoms with Crippen molar-refractivity contribution in [3.8, 4) is 6.07 Å². The molecular weight excluding hydrogens is 248 g/mol. The van der Waals surface area contributed by atoms with Gasteiger partial charge in [-0.3, -0.25) is 0 Å². The fourth-order valence-electron chi connectivity index (χ4n) is 1.83. The van der Waals surface area contributed by atoms with Gasteiger partial charge in [0.25, 0.3) is 0 Å². The Hall–Kier alpha value is -1.24. The molecule has 0 spiro atoms. The number of hydrogen-bond donors (Lipinski definition) is 0. The smallest absolute Gasteiger partial charge is 0.101 e. The van der Waals surface area contributed by atoms with E-state index < -0.39 is 0 Å². The molecule has 3 nitrogen and oxygen atoms in total. The van der Waals surface area contributed by atoms with Crippen LogP contribution in [0.4, 0.5) is 5.69 Å². The maximum atomic E-state index is 9.19. The van der Waals surface area contributed by atoms with Crippen LogP contribution in [0.2, 0.25) is 5.02 Å². The fraction of sp³-hybridized carbons (Fsp3) is 0.500. The van der Waals surface area contributed by atoms with E-state index in [9.17, 15) is 5.26 Å². The lowest BCUT2D eigenvalue weighted by molar-refractivity contribution is 0.203. The Kier molecular flexibility index (Phi) is 5.97. The zero-order valence-corrected chi connectivity index (χ0v) is 11.9. The van der Waals surface area contributed by atoms with Gasteiger partial charge in [0.2, 0.25) is 0 Å². The van der Waals surface area contributed by atoms with Crippen molar-refractivity contribution in [1.29, 1.82) is 5.26 Å². The third kappa shape index (κ3) is 3.63. The van der Waals surface area contributed by atoms with Gasteiger partial charge in [0.1, 0.15) is 6.07 Å². The average molecular weight is 267 g/mol. The topological polar surface area (TPSA) is 36.3 Å². The number of halogens is 1. The number of benzene rings is 1. The third-order valence-corrected chi connectivity index (χ3v) is 3.28. The molecule has 0 aliphatic heterocycles. The number of nitriles is 1. The van der Waals surface area contributed by atoms with Crippen LogP contribution in [-0.2, 0) is 4.74 Å². The van der Waals surface area contributed by atoms with E-state index in [2.05, 4.69) is 24.8 Å². The van der Waals surface area contributed by atoms with E-state index in [1.807, 2.05) is 6.07 Å². The Bertz CT molecular complexity index is 428. The molecule has 0 radical (unpaired) electrons. The second-order valence-electron chi connectivity index (χ2n) is 4.22. The van der Waals surface area contributed by atoms with E-state index in [0.717, 1.165) is 18.7 Å². The van der Waals surface area contributed by atoms with Crippen LogP contribution in [0.5, 0.6) is 0 Å². The van der Waals surface area contributed by atoms with Crippen LogP contribution in [0, 0.1) is 11.3 Å². The number of methoxy groups -OCH3 is 1. The first kappa shape index (κ1) is 14.8. The Morgan fingerprint density at radius 3 is 2.78 bits per heavy atom. The number of anilines is 1. The predicted molar refractivity (Wildman–Crippen MR) is 75.1 cm³/mol.